The molecule has 3 N–H and O–H groups in total. The van der Waals surface area contributed by atoms with Crippen molar-refractivity contribution in [3.05, 3.63) is 53.1 Å². The lowest BCUT2D eigenvalue weighted by molar-refractivity contribution is 0.602. The lowest BCUT2D eigenvalue weighted by Crippen LogP contribution is -2.09. The summed E-state index contributed by atoms with van der Waals surface area (Å²) in [7, 11) is -3.25. The predicted molar refractivity (Wildman–Crippen MR) is 87.5 cm³/mol. The largest absolute Gasteiger partial charge is 0.397 e. The Morgan fingerprint density at radius 1 is 1.19 bits per heavy atom. The second-order valence-corrected chi connectivity index (χ2v) is 7.39. The van der Waals surface area contributed by atoms with E-state index in [1.807, 2.05) is 31.2 Å². The van der Waals surface area contributed by atoms with Crippen molar-refractivity contribution in [1.82, 2.24) is 0 Å². The number of nitrogens with one attached hydrogen (secondary N) is 1. The smallest absolute Gasteiger partial charge is 0.175 e. The maximum atomic E-state index is 11.5. The Balaban J connectivity index is 2.24. The summed E-state index contributed by atoms with van der Waals surface area (Å²) in [6.07, 6.45) is 1.16. The van der Waals surface area contributed by atoms with E-state index in [0.717, 1.165) is 11.8 Å². The van der Waals surface area contributed by atoms with Crippen LogP contribution in [0, 0.1) is 0 Å². The van der Waals surface area contributed by atoms with E-state index in [2.05, 4.69) is 5.32 Å². The average Bonchev–Trinajstić information content (AvgIpc) is 2.39. The van der Waals surface area contributed by atoms with Gasteiger partial charge in [-0.1, -0.05) is 23.7 Å². The van der Waals surface area contributed by atoms with Crippen molar-refractivity contribution < 1.29 is 8.42 Å². The molecule has 112 valence electrons. The highest BCUT2D eigenvalue weighted by Gasteiger charge is 2.12. The summed E-state index contributed by atoms with van der Waals surface area (Å²) in [4.78, 5) is 0.209. The number of hydrogen-bond acceptors (Lipinski definition) is 4. The standard InChI is InChI=1S/C15H17ClN2O2S/c1-10(11-4-3-5-12(16)8-11)18-15-7-6-13(9-14(15)17)21(2,19)20/h3-10,18H,17H2,1-2H3. The van der Waals surface area contributed by atoms with Gasteiger partial charge < -0.3 is 11.1 Å². The van der Waals surface area contributed by atoms with Gasteiger partial charge >= 0.3 is 0 Å². The van der Waals surface area contributed by atoms with E-state index in [0.29, 0.717) is 16.4 Å². The van der Waals surface area contributed by atoms with Crippen LogP contribution in [0.2, 0.25) is 5.02 Å². The number of benzene rings is 2. The van der Waals surface area contributed by atoms with Gasteiger partial charge in [-0.2, -0.15) is 0 Å². The summed E-state index contributed by atoms with van der Waals surface area (Å²) < 4.78 is 23.0. The van der Waals surface area contributed by atoms with Gasteiger partial charge in [-0.15, -0.1) is 0 Å². The first-order valence-corrected chi connectivity index (χ1v) is 8.66. The monoisotopic (exact) mass is 324 g/mol. The molecule has 2 aromatic carbocycles. The molecule has 0 heterocycles. The molecule has 0 fully saturated rings. The molecule has 0 aliphatic carbocycles. The van der Waals surface area contributed by atoms with E-state index in [4.69, 9.17) is 17.3 Å². The Bertz CT molecular complexity index is 760. The second-order valence-electron chi connectivity index (χ2n) is 4.94. The molecule has 0 aliphatic heterocycles. The van der Waals surface area contributed by atoms with Crippen LogP contribution in [-0.2, 0) is 9.84 Å². The van der Waals surface area contributed by atoms with Crippen LogP contribution < -0.4 is 11.1 Å². The van der Waals surface area contributed by atoms with Crippen LogP contribution in [0.3, 0.4) is 0 Å². The minimum Gasteiger partial charge on any atom is -0.397 e. The number of nitrogens with two attached hydrogens (primary N) is 1. The maximum absolute atomic E-state index is 11.5. The zero-order valence-electron chi connectivity index (χ0n) is 11.8. The molecule has 1 unspecified atom stereocenters. The Morgan fingerprint density at radius 3 is 2.48 bits per heavy atom. The highest BCUT2D eigenvalue weighted by atomic mass is 35.5. The number of halogens is 1. The number of anilines is 2. The van der Waals surface area contributed by atoms with Crippen LogP contribution in [0.5, 0.6) is 0 Å². The van der Waals surface area contributed by atoms with E-state index in [1.54, 1.807) is 12.1 Å². The molecule has 0 radical (unpaired) electrons. The normalized spacial score (nSPS) is 12.9. The molecule has 1 atom stereocenters. The summed E-state index contributed by atoms with van der Waals surface area (Å²) in [5.74, 6) is 0. The molecule has 0 aromatic heterocycles. The molecule has 0 amide bonds. The lowest BCUT2D eigenvalue weighted by Gasteiger charge is -2.18. The van der Waals surface area contributed by atoms with Crippen molar-refractivity contribution in [2.24, 2.45) is 0 Å². The first-order valence-electron chi connectivity index (χ1n) is 6.39. The number of sulfone groups is 1. The fraction of sp³-hybridized carbons (Fsp3) is 0.200. The van der Waals surface area contributed by atoms with E-state index < -0.39 is 9.84 Å². The zero-order chi connectivity index (χ0) is 15.6. The van der Waals surface area contributed by atoms with Crippen molar-refractivity contribution in [1.29, 1.82) is 0 Å². The van der Waals surface area contributed by atoms with Crippen LogP contribution in [0.25, 0.3) is 0 Å². The third kappa shape index (κ3) is 3.89. The van der Waals surface area contributed by atoms with Crippen molar-refractivity contribution in [3.8, 4) is 0 Å². The van der Waals surface area contributed by atoms with Crippen LogP contribution in [0.15, 0.2) is 47.4 Å². The molecule has 2 aromatic rings. The van der Waals surface area contributed by atoms with Gasteiger partial charge in [-0.05, 0) is 42.8 Å². The Kier molecular flexibility index (Phi) is 4.44. The molecule has 0 saturated heterocycles. The maximum Gasteiger partial charge on any atom is 0.175 e. The summed E-state index contributed by atoms with van der Waals surface area (Å²) in [6.45, 7) is 1.98. The van der Waals surface area contributed by atoms with Gasteiger partial charge in [-0.25, -0.2) is 8.42 Å². The third-order valence-electron chi connectivity index (χ3n) is 3.17. The lowest BCUT2D eigenvalue weighted by atomic mass is 10.1. The fourth-order valence-electron chi connectivity index (χ4n) is 2.00. The van der Waals surface area contributed by atoms with Gasteiger partial charge in [0.25, 0.3) is 0 Å². The SMILES string of the molecule is CC(Nc1ccc(S(C)(=O)=O)cc1N)c1cccc(Cl)c1. The van der Waals surface area contributed by atoms with Crippen LogP contribution in [0.4, 0.5) is 11.4 Å². The molecule has 4 nitrogen and oxygen atoms in total. The van der Waals surface area contributed by atoms with E-state index in [1.165, 1.54) is 6.07 Å². The van der Waals surface area contributed by atoms with Crippen molar-refractivity contribution >= 4 is 32.8 Å². The number of hydrogen-bond donors (Lipinski definition) is 2. The molecule has 0 aliphatic rings. The van der Waals surface area contributed by atoms with Crippen molar-refractivity contribution in [2.45, 2.75) is 17.9 Å². The first kappa shape index (κ1) is 15.7. The summed E-state index contributed by atoms with van der Waals surface area (Å²) in [5, 5.41) is 3.92. The van der Waals surface area contributed by atoms with E-state index in [9.17, 15) is 8.42 Å². The van der Waals surface area contributed by atoms with E-state index >= 15 is 0 Å². The van der Waals surface area contributed by atoms with Crippen molar-refractivity contribution in [3.63, 3.8) is 0 Å². The van der Waals surface area contributed by atoms with Gasteiger partial charge in [-0.3, -0.25) is 0 Å². The molecule has 2 rings (SSSR count). The molecular formula is C15H17ClN2O2S. The molecule has 21 heavy (non-hydrogen) atoms. The predicted octanol–water partition coefficient (Wildman–Crippen LogP) is 3.50. The van der Waals surface area contributed by atoms with Gasteiger partial charge in [0.2, 0.25) is 0 Å². The number of nitrogen functional groups attached to an aromatic ring is 1. The average molecular weight is 325 g/mol. The molecule has 6 heteroatoms. The zero-order valence-corrected chi connectivity index (χ0v) is 13.4. The molecule has 0 bridgehead atoms. The third-order valence-corrected chi connectivity index (χ3v) is 4.52. The minimum atomic E-state index is -3.25. The fourth-order valence-corrected chi connectivity index (χ4v) is 2.85. The summed E-state index contributed by atoms with van der Waals surface area (Å²) >= 11 is 5.97. The minimum absolute atomic E-state index is 0.00455. The number of rotatable bonds is 4. The summed E-state index contributed by atoms with van der Waals surface area (Å²) in [5.41, 5.74) is 8.03. The topological polar surface area (TPSA) is 72.2 Å². The van der Waals surface area contributed by atoms with Crippen LogP contribution >= 0.6 is 11.6 Å². The highest BCUT2D eigenvalue weighted by Crippen LogP contribution is 2.27. The van der Waals surface area contributed by atoms with Gasteiger partial charge in [0.05, 0.1) is 16.3 Å². The highest BCUT2D eigenvalue weighted by molar-refractivity contribution is 7.90. The molecule has 0 saturated carbocycles. The van der Waals surface area contributed by atoms with Gasteiger partial charge in [0.1, 0.15) is 0 Å². The quantitative estimate of drug-likeness (QED) is 0.844. The van der Waals surface area contributed by atoms with Gasteiger partial charge in [0, 0.05) is 17.3 Å². The first-order chi connectivity index (χ1) is 9.77. The van der Waals surface area contributed by atoms with Crippen molar-refractivity contribution in [2.75, 3.05) is 17.3 Å². The van der Waals surface area contributed by atoms with Crippen LogP contribution in [0.1, 0.15) is 18.5 Å². The molecular weight excluding hydrogens is 308 g/mol. The van der Waals surface area contributed by atoms with Gasteiger partial charge in [0.15, 0.2) is 9.84 Å². The summed E-state index contributed by atoms with van der Waals surface area (Å²) in [6, 6.07) is 12.2. The second kappa shape index (κ2) is 5.95. The Labute approximate surface area is 129 Å². The Morgan fingerprint density at radius 2 is 1.90 bits per heavy atom. The Hall–Kier alpha value is -1.72. The van der Waals surface area contributed by atoms with E-state index in [-0.39, 0.29) is 10.9 Å². The molecule has 0 spiro atoms. The van der Waals surface area contributed by atoms with Crippen LogP contribution in [-0.4, -0.2) is 14.7 Å².